The molecule has 0 atom stereocenters. The minimum absolute atomic E-state index is 1.19. The van der Waals surface area contributed by atoms with E-state index in [4.69, 9.17) is 0 Å². The lowest BCUT2D eigenvalue weighted by atomic mass is 9.82. The second-order valence-corrected chi connectivity index (χ2v) is 5.69. The zero-order valence-corrected chi connectivity index (χ0v) is 11.7. The van der Waals surface area contributed by atoms with Crippen molar-refractivity contribution in [1.82, 2.24) is 0 Å². The highest BCUT2D eigenvalue weighted by atomic mass is 14.2. The molecular formula is C18H20. The molecule has 1 aliphatic carbocycles. The van der Waals surface area contributed by atoms with E-state index in [1.54, 1.807) is 0 Å². The molecule has 0 saturated carbocycles. The molecule has 0 aliphatic heterocycles. The molecule has 1 aliphatic rings. The van der Waals surface area contributed by atoms with Crippen molar-refractivity contribution in [2.24, 2.45) is 0 Å². The summed E-state index contributed by atoms with van der Waals surface area (Å²) >= 11 is 0. The standard InChI is InChI=1S/C18H20/c1-11-7-15-5-6-16-8-12(2)14(4)10-18(16)17(15)9-13(11)3/h7-10H,5-6H2,1-4H3. The van der Waals surface area contributed by atoms with Gasteiger partial charge >= 0.3 is 0 Å². The zero-order chi connectivity index (χ0) is 12.9. The molecule has 18 heavy (non-hydrogen) atoms. The molecule has 92 valence electrons. The van der Waals surface area contributed by atoms with Gasteiger partial charge in [0.2, 0.25) is 0 Å². The first kappa shape index (κ1) is 11.5. The van der Waals surface area contributed by atoms with Crippen molar-refractivity contribution in [2.45, 2.75) is 40.5 Å². The van der Waals surface area contributed by atoms with Crippen LogP contribution < -0.4 is 0 Å². The molecule has 3 rings (SSSR count). The molecule has 0 fully saturated rings. The Morgan fingerprint density at radius 1 is 0.556 bits per heavy atom. The molecule has 2 aromatic rings. The molecule has 0 radical (unpaired) electrons. The summed E-state index contributed by atoms with van der Waals surface area (Å²) < 4.78 is 0. The second-order valence-electron chi connectivity index (χ2n) is 5.69. The fourth-order valence-corrected chi connectivity index (χ4v) is 2.94. The van der Waals surface area contributed by atoms with Crippen LogP contribution in [0.1, 0.15) is 33.4 Å². The normalized spacial score (nSPS) is 13.1. The average molecular weight is 236 g/mol. The van der Waals surface area contributed by atoms with E-state index in [1.165, 1.54) is 57.3 Å². The van der Waals surface area contributed by atoms with E-state index in [2.05, 4.69) is 52.0 Å². The molecule has 0 heteroatoms. The van der Waals surface area contributed by atoms with Crippen molar-refractivity contribution in [3.63, 3.8) is 0 Å². The monoisotopic (exact) mass is 236 g/mol. The molecule has 2 aromatic carbocycles. The van der Waals surface area contributed by atoms with Crippen LogP contribution in [0, 0.1) is 27.7 Å². The maximum atomic E-state index is 2.38. The van der Waals surface area contributed by atoms with E-state index in [9.17, 15) is 0 Å². The highest BCUT2D eigenvalue weighted by Crippen LogP contribution is 2.36. The van der Waals surface area contributed by atoms with Crippen LogP contribution in [-0.4, -0.2) is 0 Å². The minimum atomic E-state index is 1.19. The molecular weight excluding hydrogens is 216 g/mol. The summed E-state index contributed by atoms with van der Waals surface area (Å²) in [5.74, 6) is 0. The third-order valence-corrected chi connectivity index (χ3v) is 4.39. The van der Waals surface area contributed by atoms with Crippen LogP contribution in [-0.2, 0) is 12.8 Å². The predicted octanol–water partition coefficient (Wildman–Crippen LogP) is 4.69. The average Bonchev–Trinajstić information content (AvgIpc) is 2.33. The predicted molar refractivity (Wildman–Crippen MR) is 78.2 cm³/mol. The third-order valence-electron chi connectivity index (χ3n) is 4.39. The van der Waals surface area contributed by atoms with Crippen LogP contribution in [0.4, 0.5) is 0 Å². The van der Waals surface area contributed by atoms with Gasteiger partial charge in [0.1, 0.15) is 0 Å². The van der Waals surface area contributed by atoms with E-state index >= 15 is 0 Å². The summed E-state index contributed by atoms with van der Waals surface area (Å²) in [6.45, 7) is 8.85. The lowest BCUT2D eigenvalue weighted by Crippen LogP contribution is -2.06. The third kappa shape index (κ3) is 1.68. The van der Waals surface area contributed by atoms with Gasteiger partial charge in [-0.2, -0.15) is 0 Å². The van der Waals surface area contributed by atoms with E-state index in [0.29, 0.717) is 0 Å². The van der Waals surface area contributed by atoms with Gasteiger partial charge in [0.05, 0.1) is 0 Å². The van der Waals surface area contributed by atoms with Crippen molar-refractivity contribution in [3.05, 3.63) is 57.6 Å². The lowest BCUT2D eigenvalue weighted by Gasteiger charge is -2.22. The van der Waals surface area contributed by atoms with Gasteiger partial charge in [-0.3, -0.25) is 0 Å². The molecule has 0 unspecified atom stereocenters. The smallest absolute Gasteiger partial charge is 0.0146 e. The molecule has 0 aromatic heterocycles. The van der Waals surface area contributed by atoms with E-state index in [-0.39, 0.29) is 0 Å². The number of hydrogen-bond donors (Lipinski definition) is 0. The Labute approximate surface area is 110 Å². The Hall–Kier alpha value is -1.56. The fourth-order valence-electron chi connectivity index (χ4n) is 2.94. The van der Waals surface area contributed by atoms with Crippen molar-refractivity contribution >= 4 is 0 Å². The zero-order valence-electron chi connectivity index (χ0n) is 11.7. The molecule has 0 N–H and O–H groups in total. The largest absolute Gasteiger partial charge is 0.0552 e. The Morgan fingerprint density at radius 3 is 1.28 bits per heavy atom. The van der Waals surface area contributed by atoms with Gasteiger partial charge in [0.15, 0.2) is 0 Å². The van der Waals surface area contributed by atoms with Crippen molar-refractivity contribution < 1.29 is 0 Å². The number of aryl methyl sites for hydroxylation is 6. The van der Waals surface area contributed by atoms with Crippen LogP contribution >= 0.6 is 0 Å². The van der Waals surface area contributed by atoms with Crippen LogP contribution in [0.25, 0.3) is 11.1 Å². The number of benzene rings is 2. The molecule has 0 spiro atoms. The fraction of sp³-hybridized carbons (Fsp3) is 0.333. The van der Waals surface area contributed by atoms with Gasteiger partial charge in [-0.05, 0) is 85.0 Å². The van der Waals surface area contributed by atoms with Gasteiger partial charge in [0.25, 0.3) is 0 Å². The Morgan fingerprint density at radius 2 is 0.889 bits per heavy atom. The first-order chi connectivity index (χ1) is 8.56. The van der Waals surface area contributed by atoms with Gasteiger partial charge < -0.3 is 0 Å². The molecule has 0 amide bonds. The van der Waals surface area contributed by atoms with Crippen LogP contribution in [0.3, 0.4) is 0 Å². The maximum Gasteiger partial charge on any atom is -0.0146 e. The summed E-state index contributed by atoms with van der Waals surface area (Å²) in [7, 11) is 0. The summed E-state index contributed by atoms with van der Waals surface area (Å²) in [5, 5.41) is 0. The molecule has 0 saturated heterocycles. The van der Waals surface area contributed by atoms with Crippen molar-refractivity contribution in [3.8, 4) is 11.1 Å². The number of hydrogen-bond acceptors (Lipinski definition) is 0. The first-order valence-electron chi connectivity index (χ1n) is 6.77. The second kappa shape index (κ2) is 3.98. The molecule has 0 heterocycles. The van der Waals surface area contributed by atoms with Gasteiger partial charge in [0, 0.05) is 0 Å². The Bertz CT molecular complexity index is 575. The van der Waals surface area contributed by atoms with Gasteiger partial charge in [-0.25, -0.2) is 0 Å². The maximum absolute atomic E-state index is 2.38. The van der Waals surface area contributed by atoms with E-state index in [1.807, 2.05) is 0 Å². The van der Waals surface area contributed by atoms with E-state index < -0.39 is 0 Å². The van der Waals surface area contributed by atoms with Crippen LogP contribution in [0.15, 0.2) is 24.3 Å². The number of rotatable bonds is 0. The highest BCUT2D eigenvalue weighted by Gasteiger charge is 2.17. The number of fused-ring (bicyclic) bond motifs is 3. The lowest BCUT2D eigenvalue weighted by molar-refractivity contribution is 0.934. The Kier molecular flexibility index (Phi) is 2.55. The summed E-state index contributed by atoms with van der Waals surface area (Å²) in [6, 6.07) is 9.50. The SMILES string of the molecule is Cc1cc2c(cc1C)-c1cc(C)c(C)cc1CC2. The summed E-state index contributed by atoms with van der Waals surface area (Å²) in [4.78, 5) is 0. The summed E-state index contributed by atoms with van der Waals surface area (Å²) in [6.07, 6.45) is 2.37. The molecule has 0 nitrogen and oxygen atoms in total. The van der Waals surface area contributed by atoms with Crippen LogP contribution in [0.2, 0.25) is 0 Å². The van der Waals surface area contributed by atoms with Crippen molar-refractivity contribution in [2.75, 3.05) is 0 Å². The first-order valence-corrected chi connectivity index (χ1v) is 6.77. The Balaban J connectivity index is 2.28. The van der Waals surface area contributed by atoms with E-state index in [0.717, 1.165) is 0 Å². The molecule has 0 bridgehead atoms. The topological polar surface area (TPSA) is 0 Å². The quantitative estimate of drug-likeness (QED) is 0.622. The summed E-state index contributed by atoms with van der Waals surface area (Å²) in [5.41, 5.74) is 11.6. The van der Waals surface area contributed by atoms with Crippen LogP contribution in [0.5, 0.6) is 0 Å². The minimum Gasteiger partial charge on any atom is -0.0552 e. The van der Waals surface area contributed by atoms with Gasteiger partial charge in [-0.1, -0.05) is 24.3 Å². The van der Waals surface area contributed by atoms with Gasteiger partial charge in [-0.15, -0.1) is 0 Å². The van der Waals surface area contributed by atoms with Crippen molar-refractivity contribution in [1.29, 1.82) is 0 Å². The highest BCUT2D eigenvalue weighted by molar-refractivity contribution is 5.75.